The van der Waals surface area contributed by atoms with Crippen LogP contribution in [0.2, 0.25) is 0 Å². The van der Waals surface area contributed by atoms with E-state index in [1.165, 1.54) is 12.1 Å². The molecule has 0 aliphatic heterocycles. The number of benzene rings is 2. The minimum atomic E-state index is -0.426. The van der Waals surface area contributed by atoms with E-state index in [-0.39, 0.29) is 5.69 Å². The number of anilines is 1. The van der Waals surface area contributed by atoms with Gasteiger partial charge in [0, 0.05) is 30.2 Å². The summed E-state index contributed by atoms with van der Waals surface area (Å²) in [4.78, 5) is 12.3. The van der Waals surface area contributed by atoms with Gasteiger partial charge in [0.15, 0.2) is 0 Å². The summed E-state index contributed by atoms with van der Waals surface area (Å²) in [6.07, 6.45) is 0. The van der Waals surface area contributed by atoms with Gasteiger partial charge in [0.05, 0.1) is 22.2 Å². The van der Waals surface area contributed by atoms with Crippen LogP contribution in [0.1, 0.15) is 11.1 Å². The molecule has 0 saturated carbocycles. The zero-order valence-corrected chi connectivity index (χ0v) is 12.9. The molecule has 0 aliphatic carbocycles. The number of rotatable bonds is 4. The van der Waals surface area contributed by atoms with Gasteiger partial charge in [-0.15, -0.1) is 0 Å². The zero-order valence-electron chi connectivity index (χ0n) is 11.3. The maximum absolute atomic E-state index is 10.7. The lowest BCUT2D eigenvalue weighted by atomic mass is 10.1. The molecule has 0 spiro atoms. The summed E-state index contributed by atoms with van der Waals surface area (Å²) >= 11 is 3.36. The lowest BCUT2D eigenvalue weighted by Gasteiger charge is -2.20. The van der Waals surface area contributed by atoms with Gasteiger partial charge < -0.3 is 4.90 Å². The van der Waals surface area contributed by atoms with Crippen molar-refractivity contribution in [2.75, 3.05) is 11.9 Å². The first kappa shape index (κ1) is 15.0. The highest BCUT2D eigenvalue weighted by Crippen LogP contribution is 2.30. The SMILES string of the molecule is CN(Cc1cccc(C#N)c1)c1ccc([N+](=O)[O-])cc1Br. The van der Waals surface area contributed by atoms with E-state index in [0.29, 0.717) is 16.6 Å². The molecular formula is C15H12BrN3O2. The predicted molar refractivity (Wildman–Crippen MR) is 84.1 cm³/mol. The van der Waals surface area contributed by atoms with Crippen molar-refractivity contribution in [3.63, 3.8) is 0 Å². The van der Waals surface area contributed by atoms with Crippen molar-refractivity contribution in [1.29, 1.82) is 5.26 Å². The highest BCUT2D eigenvalue weighted by molar-refractivity contribution is 9.10. The number of nitriles is 1. The molecule has 21 heavy (non-hydrogen) atoms. The Kier molecular flexibility index (Phi) is 4.55. The van der Waals surface area contributed by atoms with E-state index in [1.807, 2.05) is 30.1 Å². The molecule has 2 rings (SSSR count). The van der Waals surface area contributed by atoms with Crippen LogP contribution >= 0.6 is 15.9 Å². The number of hydrogen-bond acceptors (Lipinski definition) is 4. The molecule has 0 amide bonds. The Morgan fingerprint density at radius 2 is 2.10 bits per heavy atom. The first-order valence-electron chi connectivity index (χ1n) is 6.15. The Labute approximate surface area is 130 Å². The van der Waals surface area contributed by atoms with E-state index in [1.54, 1.807) is 12.1 Å². The van der Waals surface area contributed by atoms with Gasteiger partial charge in [-0.1, -0.05) is 12.1 Å². The normalized spacial score (nSPS) is 9.95. The topological polar surface area (TPSA) is 70.2 Å². The molecule has 0 aromatic heterocycles. The highest BCUT2D eigenvalue weighted by Gasteiger charge is 2.12. The second-order valence-electron chi connectivity index (χ2n) is 4.56. The molecular weight excluding hydrogens is 334 g/mol. The molecule has 0 atom stereocenters. The molecule has 0 unspecified atom stereocenters. The quantitative estimate of drug-likeness (QED) is 0.623. The van der Waals surface area contributed by atoms with Crippen LogP contribution in [0.5, 0.6) is 0 Å². The van der Waals surface area contributed by atoms with Crippen molar-refractivity contribution < 1.29 is 4.92 Å². The van der Waals surface area contributed by atoms with Gasteiger partial charge in [0.25, 0.3) is 5.69 Å². The number of halogens is 1. The molecule has 6 heteroatoms. The maximum Gasteiger partial charge on any atom is 0.270 e. The van der Waals surface area contributed by atoms with Gasteiger partial charge in [0.2, 0.25) is 0 Å². The number of nitro groups is 1. The van der Waals surface area contributed by atoms with Crippen molar-refractivity contribution in [2.45, 2.75) is 6.54 Å². The van der Waals surface area contributed by atoms with Gasteiger partial charge in [-0.05, 0) is 39.7 Å². The Morgan fingerprint density at radius 3 is 2.71 bits per heavy atom. The van der Waals surface area contributed by atoms with Crippen LogP contribution in [0.25, 0.3) is 0 Å². The minimum absolute atomic E-state index is 0.0468. The number of non-ortho nitro benzene ring substituents is 1. The van der Waals surface area contributed by atoms with Crippen LogP contribution in [-0.2, 0) is 6.54 Å². The fraction of sp³-hybridized carbons (Fsp3) is 0.133. The van der Waals surface area contributed by atoms with Gasteiger partial charge in [-0.25, -0.2) is 0 Å². The van der Waals surface area contributed by atoms with Crippen molar-refractivity contribution in [2.24, 2.45) is 0 Å². The molecule has 0 fully saturated rings. The fourth-order valence-electron chi connectivity index (χ4n) is 2.02. The standard InChI is InChI=1S/C15H12BrN3O2/c1-18(10-12-4-2-3-11(7-12)9-17)15-6-5-13(19(20)21)8-14(15)16/h2-8H,10H2,1H3. The molecule has 0 N–H and O–H groups in total. The molecule has 0 radical (unpaired) electrons. The number of nitro benzene ring substituents is 1. The smallest absolute Gasteiger partial charge is 0.270 e. The third-order valence-electron chi connectivity index (χ3n) is 3.03. The summed E-state index contributed by atoms with van der Waals surface area (Å²) in [5, 5.41) is 19.6. The Bertz CT molecular complexity index is 725. The lowest BCUT2D eigenvalue weighted by molar-refractivity contribution is -0.384. The van der Waals surface area contributed by atoms with E-state index in [9.17, 15) is 10.1 Å². The highest BCUT2D eigenvalue weighted by atomic mass is 79.9. The third kappa shape index (κ3) is 3.58. The maximum atomic E-state index is 10.7. The lowest BCUT2D eigenvalue weighted by Crippen LogP contribution is -2.16. The zero-order chi connectivity index (χ0) is 15.4. The summed E-state index contributed by atoms with van der Waals surface area (Å²) in [6.45, 7) is 0.603. The van der Waals surface area contributed by atoms with Crippen LogP contribution in [0.15, 0.2) is 46.9 Å². The summed E-state index contributed by atoms with van der Waals surface area (Å²) < 4.78 is 0.663. The molecule has 0 heterocycles. The average molecular weight is 346 g/mol. The van der Waals surface area contributed by atoms with Crippen molar-refractivity contribution in [3.05, 3.63) is 68.2 Å². The van der Waals surface area contributed by atoms with Gasteiger partial charge >= 0.3 is 0 Å². The van der Waals surface area contributed by atoms with E-state index in [0.717, 1.165) is 11.3 Å². The van der Waals surface area contributed by atoms with Crippen LogP contribution in [0, 0.1) is 21.4 Å². The second kappa shape index (κ2) is 6.37. The first-order chi connectivity index (χ1) is 10.0. The first-order valence-corrected chi connectivity index (χ1v) is 6.94. The fourth-order valence-corrected chi connectivity index (χ4v) is 2.69. The van der Waals surface area contributed by atoms with Crippen LogP contribution in [0.4, 0.5) is 11.4 Å². The molecule has 106 valence electrons. The average Bonchev–Trinajstić information content (AvgIpc) is 2.47. The van der Waals surface area contributed by atoms with Crippen LogP contribution < -0.4 is 4.90 Å². The summed E-state index contributed by atoms with van der Waals surface area (Å²) in [7, 11) is 1.89. The van der Waals surface area contributed by atoms with E-state index in [4.69, 9.17) is 5.26 Å². The van der Waals surface area contributed by atoms with Gasteiger partial charge in [-0.3, -0.25) is 10.1 Å². The van der Waals surface area contributed by atoms with E-state index >= 15 is 0 Å². The Hall–Kier alpha value is -2.39. The minimum Gasteiger partial charge on any atom is -0.369 e. The molecule has 0 aliphatic rings. The summed E-state index contributed by atoms with van der Waals surface area (Å²) in [6, 6.07) is 14.1. The Balaban J connectivity index is 2.22. The number of nitrogens with zero attached hydrogens (tertiary/aromatic N) is 3. The van der Waals surface area contributed by atoms with Crippen molar-refractivity contribution in [3.8, 4) is 6.07 Å². The number of hydrogen-bond donors (Lipinski definition) is 0. The Morgan fingerprint density at radius 1 is 1.33 bits per heavy atom. The second-order valence-corrected chi connectivity index (χ2v) is 5.42. The van der Waals surface area contributed by atoms with Crippen LogP contribution in [-0.4, -0.2) is 12.0 Å². The van der Waals surface area contributed by atoms with Crippen molar-refractivity contribution in [1.82, 2.24) is 0 Å². The largest absolute Gasteiger partial charge is 0.369 e. The molecule has 2 aromatic carbocycles. The van der Waals surface area contributed by atoms with Gasteiger partial charge in [0.1, 0.15) is 0 Å². The summed E-state index contributed by atoms with van der Waals surface area (Å²) in [5.74, 6) is 0. The molecule has 0 bridgehead atoms. The molecule has 0 saturated heterocycles. The third-order valence-corrected chi connectivity index (χ3v) is 3.66. The van der Waals surface area contributed by atoms with Gasteiger partial charge in [-0.2, -0.15) is 5.26 Å². The molecule has 5 nitrogen and oxygen atoms in total. The van der Waals surface area contributed by atoms with Crippen LogP contribution in [0.3, 0.4) is 0 Å². The van der Waals surface area contributed by atoms with E-state index < -0.39 is 4.92 Å². The molecule has 2 aromatic rings. The van der Waals surface area contributed by atoms with Crippen molar-refractivity contribution >= 4 is 27.3 Å². The summed E-state index contributed by atoms with van der Waals surface area (Å²) in [5.41, 5.74) is 2.51. The van der Waals surface area contributed by atoms with E-state index in [2.05, 4.69) is 22.0 Å². The predicted octanol–water partition coefficient (Wildman–Crippen LogP) is 3.87. The monoisotopic (exact) mass is 345 g/mol.